The first kappa shape index (κ1) is 16.2. The number of amides is 1. The monoisotopic (exact) mass is 344 g/mol. The number of esters is 1. The molecule has 2 aromatic heterocycles. The molecular formula is C17H16N2O4S. The molecular weight excluding hydrogens is 328 g/mol. The molecule has 24 heavy (non-hydrogen) atoms. The van der Waals surface area contributed by atoms with Crippen LogP contribution in [0.2, 0.25) is 0 Å². The highest BCUT2D eigenvalue weighted by Crippen LogP contribution is 2.23. The fourth-order valence-electron chi connectivity index (χ4n) is 2.43. The predicted octanol–water partition coefficient (Wildman–Crippen LogP) is 2.85. The standard InChI is InChI=1S/C17H16N2O4S/c1-22-17(21)10-13(15-7-4-8-24-15)18-16(20)9-12-11-5-2-3-6-14(11)23-19-12/h2-8,13H,9-10H2,1H3,(H,18,20). The van der Waals surface area contributed by atoms with Gasteiger partial charge >= 0.3 is 5.97 Å². The maximum absolute atomic E-state index is 12.4. The summed E-state index contributed by atoms with van der Waals surface area (Å²) in [6.07, 6.45) is 0.169. The Hall–Kier alpha value is -2.67. The SMILES string of the molecule is COC(=O)CC(NC(=O)Cc1noc2ccccc12)c1cccs1. The van der Waals surface area contributed by atoms with E-state index in [0.29, 0.717) is 11.3 Å². The number of carbonyl (C=O) groups is 2. The van der Waals surface area contributed by atoms with E-state index in [1.807, 2.05) is 35.7 Å². The number of methoxy groups -OCH3 is 1. The predicted molar refractivity (Wildman–Crippen MR) is 89.5 cm³/mol. The molecule has 3 aromatic rings. The third kappa shape index (κ3) is 3.62. The molecule has 0 saturated heterocycles. The number of fused-ring (bicyclic) bond motifs is 1. The van der Waals surface area contributed by atoms with Crippen molar-refractivity contribution in [3.63, 3.8) is 0 Å². The molecule has 0 aliphatic rings. The van der Waals surface area contributed by atoms with Gasteiger partial charge < -0.3 is 14.6 Å². The van der Waals surface area contributed by atoms with Gasteiger partial charge in [-0.2, -0.15) is 0 Å². The van der Waals surface area contributed by atoms with Crippen LogP contribution in [0.25, 0.3) is 11.0 Å². The second-order valence-corrected chi connectivity index (χ2v) is 6.20. The molecule has 0 fully saturated rings. The van der Waals surface area contributed by atoms with Crippen LogP contribution in [0.1, 0.15) is 23.0 Å². The third-order valence-electron chi connectivity index (χ3n) is 3.60. The highest BCUT2D eigenvalue weighted by molar-refractivity contribution is 7.10. The van der Waals surface area contributed by atoms with Gasteiger partial charge in [-0.25, -0.2) is 0 Å². The third-order valence-corrected chi connectivity index (χ3v) is 4.59. The zero-order chi connectivity index (χ0) is 16.9. The quantitative estimate of drug-likeness (QED) is 0.695. The number of hydrogen-bond donors (Lipinski definition) is 1. The Labute approximate surface area is 142 Å². The number of thiophene rings is 1. The average Bonchev–Trinajstić information content (AvgIpc) is 3.24. The van der Waals surface area contributed by atoms with Gasteiger partial charge in [-0.05, 0) is 23.6 Å². The van der Waals surface area contributed by atoms with Gasteiger partial charge in [0.05, 0.1) is 26.0 Å². The Morgan fingerprint density at radius 3 is 2.88 bits per heavy atom. The summed E-state index contributed by atoms with van der Waals surface area (Å²) < 4.78 is 9.92. The summed E-state index contributed by atoms with van der Waals surface area (Å²) in [7, 11) is 1.33. The molecule has 3 rings (SSSR count). The van der Waals surface area contributed by atoms with E-state index >= 15 is 0 Å². The maximum Gasteiger partial charge on any atom is 0.307 e. The zero-order valence-corrected chi connectivity index (χ0v) is 13.8. The first-order valence-corrected chi connectivity index (χ1v) is 8.28. The molecule has 0 aliphatic carbocycles. The van der Waals surface area contributed by atoms with Gasteiger partial charge in [0.1, 0.15) is 5.69 Å². The van der Waals surface area contributed by atoms with Gasteiger partial charge in [0.2, 0.25) is 5.91 Å². The minimum Gasteiger partial charge on any atom is -0.469 e. The number of benzene rings is 1. The number of rotatable bonds is 6. The molecule has 124 valence electrons. The van der Waals surface area contributed by atoms with E-state index < -0.39 is 6.04 Å². The fourth-order valence-corrected chi connectivity index (χ4v) is 3.20. The van der Waals surface area contributed by atoms with Crippen molar-refractivity contribution in [1.29, 1.82) is 0 Å². The Morgan fingerprint density at radius 2 is 2.12 bits per heavy atom. The van der Waals surface area contributed by atoms with Crippen molar-refractivity contribution in [2.75, 3.05) is 7.11 Å². The molecule has 7 heteroatoms. The number of para-hydroxylation sites is 1. The van der Waals surface area contributed by atoms with Crippen molar-refractivity contribution in [1.82, 2.24) is 10.5 Å². The van der Waals surface area contributed by atoms with Crippen LogP contribution >= 0.6 is 11.3 Å². The average molecular weight is 344 g/mol. The number of nitrogens with zero attached hydrogens (tertiary/aromatic N) is 1. The largest absolute Gasteiger partial charge is 0.469 e. The van der Waals surface area contributed by atoms with E-state index in [-0.39, 0.29) is 24.7 Å². The second kappa shape index (κ2) is 7.27. The lowest BCUT2D eigenvalue weighted by atomic mass is 10.1. The smallest absolute Gasteiger partial charge is 0.307 e. The van der Waals surface area contributed by atoms with Crippen LogP contribution in [-0.2, 0) is 20.7 Å². The van der Waals surface area contributed by atoms with Crippen LogP contribution in [0.15, 0.2) is 46.3 Å². The highest BCUT2D eigenvalue weighted by Gasteiger charge is 2.21. The van der Waals surface area contributed by atoms with Crippen LogP contribution in [0.5, 0.6) is 0 Å². The van der Waals surface area contributed by atoms with E-state index in [2.05, 4.69) is 10.5 Å². The number of carbonyl (C=O) groups excluding carboxylic acids is 2. The molecule has 1 N–H and O–H groups in total. The van der Waals surface area contributed by atoms with Crippen LogP contribution in [0.3, 0.4) is 0 Å². The summed E-state index contributed by atoms with van der Waals surface area (Å²) in [4.78, 5) is 24.9. The highest BCUT2D eigenvalue weighted by atomic mass is 32.1. The second-order valence-electron chi connectivity index (χ2n) is 5.22. The fraction of sp³-hybridized carbons (Fsp3) is 0.235. The summed E-state index contributed by atoms with van der Waals surface area (Å²) in [6.45, 7) is 0. The van der Waals surface area contributed by atoms with Gasteiger partial charge in [-0.15, -0.1) is 11.3 Å². The normalized spacial score (nSPS) is 12.0. The summed E-state index contributed by atoms with van der Waals surface area (Å²) in [5.74, 6) is -0.600. The Morgan fingerprint density at radius 1 is 1.29 bits per heavy atom. The van der Waals surface area contributed by atoms with Crippen LogP contribution < -0.4 is 5.32 Å². The molecule has 1 amide bonds. The Bertz CT molecular complexity index is 841. The van der Waals surface area contributed by atoms with Crippen molar-refractivity contribution in [3.8, 4) is 0 Å². The first-order chi connectivity index (χ1) is 11.7. The Kier molecular flexibility index (Phi) is 4.90. The maximum atomic E-state index is 12.4. The molecule has 0 bridgehead atoms. The minimum atomic E-state index is -0.414. The molecule has 6 nitrogen and oxygen atoms in total. The summed E-state index contributed by atoms with van der Waals surface area (Å²) in [5, 5.41) is 9.55. The van der Waals surface area contributed by atoms with Gasteiger partial charge in [-0.3, -0.25) is 9.59 Å². The summed E-state index contributed by atoms with van der Waals surface area (Å²) in [5.41, 5.74) is 1.22. The van der Waals surface area contributed by atoms with Crippen molar-refractivity contribution < 1.29 is 18.8 Å². The topological polar surface area (TPSA) is 81.4 Å². The molecule has 0 saturated carbocycles. The van der Waals surface area contributed by atoms with E-state index in [1.54, 1.807) is 6.07 Å². The molecule has 0 radical (unpaired) electrons. The van der Waals surface area contributed by atoms with Crippen molar-refractivity contribution in [2.45, 2.75) is 18.9 Å². The van der Waals surface area contributed by atoms with Crippen LogP contribution in [0.4, 0.5) is 0 Å². The van der Waals surface area contributed by atoms with Crippen molar-refractivity contribution in [2.24, 2.45) is 0 Å². The number of ether oxygens (including phenoxy) is 1. The van der Waals surface area contributed by atoms with Gasteiger partial charge in [0.25, 0.3) is 0 Å². The van der Waals surface area contributed by atoms with E-state index in [4.69, 9.17) is 9.26 Å². The van der Waals surface area contributed by atoms with Gasteiger partial charge in [0, 0.05) is 10.3 Å². The lowest BCUT2D eigenvalue weighted by Crippen LogP contribution is -2.31. The van der Waals surface area contributed by atoms with Crippen LogP contribution in [0, 0.1) is 0 Å². The Balaban J connectivity index is 1.72. The van der Waals surface area contributed by atoms with Crippen molar-refractivity contribution >= 4 is 34.2 Å². The molecule has 1 atom stereocenters. The zero-order valence-electron chi connectivity index (χ0n) is 13.0. The molecule has 2 heterocycles. The van der Waals surface area contributed by atoms with E-state index in [9.17, 15) is 9.59 Å². The minimum absolute atomic E-state index is 0.0834. The molecule has 1 aromatic carbocycles. The number of nitrogens with one attached hydrogen (secondary N) is 1. The van der Waals surface area contributed by atoms with Gasteiger partial charge in [0.15, 0.2) is 5.58 Å². The lowest BCUT2D eigenvalue weighted by Gasteiger charge is -2.16. The van der Waals surface area contributed by atoms with Crippen molar-refractivity contribution in [3.05, 3.63) is 52.3 Å². The molecule has 0 aliphatic heterocycles. The van der Waals surface area contributed by atoms with Gasteiger partial charge in [-0.1, -0.05) is 23.4 Å². The van der Waals surface area contributed by atoms with E-state index in [1.165, 1.54) is 18.4 Å². The summed E-state index contributed by atoms with van der Waals surface area (Å²) >= 11 is 1.48. The lowest BCUT2D eigenvalue weighted by molar-refractivity contribution is -0.141. The van der Waals surface area contributed by atoms with Crippen LogP contribution in [-0.4, -0.2) is 24.1 Å². The molecule has 1 unspecified atom stereocenters. The number of hydrogen-bond acceptors (Lipinski definition) is 6. The summed E-state index contributed by atoms with van der Waals surface area (Å²) in [6, 6.07) is 10.7. The number of aromatic nitrogens is 1. The van der Waals surface area contributed by atoms with E-state index in [0.717, 1.165) is 10.3 Å². The first-order valence-electron chi connectivity index (χ1n) is 7.40. The molecule has 0 spiro atoms.